The summed E-state index contributed by atoms with van der Waals surface area (Å²) >= 11 is 0. The monoisotopic (exact) mass is 287 g/mol. The predicted molar refractivity (Wildman–Crippen MR) is 80.6 cm³/mol. The van der Waals surface area contributed by atoms with Gasteiger partial charge in [-0.2, -0.15) is 0 Å². The van der Waals surface area contributed by atoms with Crippen molar-refractivity contribution in [1.82, 2.24) is 0 Å². The molecule has 1 saturated carbocycles. The van der Waals surface area contributed by atoms with E-state index < -0.39 is 5.97 Å². The highest BCUT2D eigenvalue weighted by Crippen LogP contribution is 2.44. The van der Waals surface area contributed by atoms with E-state index in [4.69, 9.17) is 5.11 Å². The number of benzene rings is 1. The van der Waals surface area contributed by atoms with Gasteiger partial charge in [-0.25, -0.2) is 4.79 Å². The number of rotatable bonds is 2. The van der Waals surface area contributed by atoms with Crippen molar-refractivity contribution in [1.29, 1.82) is 0 Å². The molecule has 1 unspecified atom stereocenters. The van der Waals surface area contributed by atoms with Crippen LogP contribution in [0.4, 0.5) is 5.69 Å². The molecule has 1 aromatic carbocycles. The fourth-order valence-corrected chi connectivity index (χ4v) is 3.74. The number of carboxylic acids is 1. The Kier molecular flexibility index (Phi) is 3.27. The zero-order chi connectivity index (χ0) is 15.2. The van der Waals surface area contributed by atoms with E-state index >= 15 is 0 Å². The van der Waals surface area contributed by atoms with Gasteiger partial charge in [-0.05, 0) is 48.4 Å². The van der Waals surface area contributed by atoms with E-state index in [1.54, 1.807) is 18.2 Å². The van der Waals surface area contributed by atoms with Gasteiger partial charge >= 0.3 is 5.97 Å². The molecule has 1 fully saturated rings. The number of hydrogen-bond donors (Lipinski definition) is 1. The third kappa shape index (κ3) is 2.33. The third-order valence-corrected chi connectivity index (χ3v) is 5.04. The van der Waals surface area contributed by atoms with Crippen LogP contribution in [0, 0.1) is 11.3 Å². The van der Waals surface area contributed by atoms with E-state index in [2.05, 4.69) is 13.8 Å². The van der Waals surface area contributed by atoms with Crippen LogP contribution >= 0.6 is 0 Å². The molecular formula is C17H21NO3. The quantitative estimate of drug-likeness (QED) is 0.909. The molecule has 0 saturated heterocycles. The lowest BCUT2D eigenvalue weighted by Gasteiger charge is -2.30. The van der Waals surface area contributed by atoms with Crippen molar-refractivity contribution in [3.8, 4) is 0 Å². The Morgan fingerprint density at radius 2 is 2.10 bits per heavy atom. The number of anilines is 1. The van der Waals surface area contributed by atoms with E-state index in [9.17, 15) is 9.59 Å². The molecule has 0 spiro atoms. The summed E-state index contributed by atoms with van der Waals surface area (Å²) in [4.78, 5) is 25.7. The minimum absolute atomic E-state index is 0.0703. The number of aromatic carboxylic acids is 1. The first-order valence-corrected chi connectivity index (χ1v) is 7.58. The zero-order valence-electron chi connectivity index (χ0n) is 12.6. The van der Waals surface area contributed by atoms with E-state index in [0.29, 0.717) is 12.1 Å². The summed E-state index contributed by atoms with van der Waals surface area (Å²) in [6.45, 7) is 5.02. The van der Waals surface area contributed by atoms with Gasteiger partial charge < -0.3 is 10.0 Å². The molecule has 1 aliphatic carbocycles. The maximum absolute atomic E-state index is 12.9. The standard InChI is InChI=1S/C17H21NO3/c1-17(2)8-3-4-13(17)15(19)18-9-7-11-10-12(16(20)21)5-6-14(11)18/h5-6,10,13H,3-4,7-9H2,1-2H3,(H,20,21). The molecule has 0 aromatic heterocycles. The number of carbonyl (C=O) groups is 2. The van der Waals surface area contributed by atoms with Crippen LogP contribution in [0.5, 0.6) is 0 Å². The molecule has 1 N–H and O–H groups in total. The predicted octanol–water partition coefficient (Wildman–Crippen LogP) is 3.10. The molecule has 21 heavy (non-hydrogen) atoms. The van der Waals surface area contributed by atoms with E-state index in [-0.39, 0.29) is 17.2 Å². The fraction of sp³-hybridized carbons (Fsp3) is 0.529. The van der Waals surface area contributed by atoms with Crippen molar-refractivity contribution < 1.29 is 14.7 Å². The second-order valence-corrected chi connectivity index (χ2v) is 6.82. The van der Waals surface area contributed by atoms with Gasteiger partial charge in [-0.15, -0.1) is 0 Å². The number of nitrogens with zero attached hydrogens (tertiary/aromatic N) is 1. The Labute approximate surface area is 124 Å². The van der Waals surface area contributed by atoms with Crippen LogP contribution in [0.1, 0.15) is 49.0 Å². The fourth-order valence-electron chi connectivity index (χ4n) is 3.74. The van der Waals surface area contributed by atoms with Crippen LogP contribution in [0.3, 0.4) is 0 Å². The largest absolute Gasteiger partial charge is 0.478 e. The van der Waals surface area contributed by atoms with Crippen LogP contribution < -0.4 is 4.90 Å². The lowest BCUT2D eigenvalue weighted by molar-refractivity contribution is -0.124. The van der Waals surface area contributed by atoms with Gasteiger partial charge in [-0.1, -0.05) is 20.3 Å². The van der Waals surface area contributed by atoms with Gasteiger partial charge in [-0.3, -0.25) is 4.79 Å². The highest BCUT2D eigenvalue weighted by molar-refractivity contribution is 5.98. The van der Waals surface area contributed by atoms with Gasteiger partial charge in [0, 0.05) is 18.2 Å². The normalized spacial score (nSPS) is 23.1. The van der Waals surface area contributed by atoms with Crippen LogP contribution in [0.2, 0.25) is 0 Å². The highest BCUT2D eigenvalue weighted by Gasteiger charge is 2.42. The molecule has 4 heteroatoms. The summed E-state index contributed by atoms with van der Waals surface area (Å²) < 4.78 is 0. The average Bonchev–Trinajstić information content (AvgIpc) is 3.00. The first kappa shape index (κ1) is 14.1. The first-order valence-electron chi connectivity index (χ1n) is 7.58. The SMILES string of the molecule is CC1(C)CCCC1C(=O)N1CCc2cc(C(=O)O)ccc21. The minimum atomic E-state index is -0.917. The van der Waals surface area contributed by atoms with Crippen molar-refractivity contribution in [2.75, 3.05) is 11.4 Å². The van der Waals surface area contributed by atoms with Crippen LogP contribution in [0.15, 0.2) is 18.2 Å². The summed E-state index contributed by atoms with van der Waals surface area (Å²) in [7, 11) is 0. The van der Waals surface area contributed by atoms with Crippen molar-refractivity contribution in [2.24, 2.45) is 11.3 Å². The molecule has 2 aliphatic rings. The second-order valence-electron chi connectivity index (χ2n) is 6.82. The highest BCUT2D eigenvalue weighted by atomic mass is 16.4. The molecule has 1 atom stereocenters. The number of fused-ring (bicyclic) bond motifs is 1. The zero-order valence-corrected chi connectivity index (χ0v) is 12.6. The van der Waals surface area contributed by atoms with Gasteiger partial charge in [0.2, 0.25) is 5.91 Å². The van der Waals surface area contributed by atoms with Gasteiger partial charge in [0.15, 0.2) is 0 Å². The summed E-state index contributed by atoms with van der Waals surface area (Å²) in [5, 5.41) is 9.05. The molecule has 112 valence electrons. The number of carbonyl (C=O) groups excluding carboxylic acids is 1. The van der Waals surface area contributed by atoms with Crippen LogP contribution in [-0.2, 0) is 11.2 Å². The van der Waals surface area contributed by atoms with Crippen molar-refractivity contribution in [3.63, 3.8) is 0 Å². The van der Waals surface area contributed by atoms with Gasteiger partial charge in [0.25, 0.3) is 0 Å². The molecule has 1 amide bonds. The lowest BCUT2D eigenvalue weighted by Crippen LogP contribution is -2.39. The Morgan fingerprint density at radius 3 is 2.71 bits per heavy atom. The molecular weight excluding hydrogens is 266 g/mol. The molecule has 0 radical (unpaired) electrons. The van der Waals surface area contributed by atoms with Gasteiger partial charge in [0.05, 0.1) is 5.56 Å². The van der Waals surface area contributed by atoms with E-state index in [1.165, 1.54) is 0 Å². The van der Waals surface area contributed by atoms with E-state index in [0.717, 1.165) is 36.9 Å². The summed E-state index contributed by atoms with van der Waals surface area (Å²) in [5.74, 6) is -0.624. The van der Waals surface area contributed by atoms with Crippen molar-refractivity contribution >= 4 is 17.6 Å². The Morgan fingerprint density at radius 1 is 1.33 bits per heavy atom. The Hall–Kier alpha value is -1.84. The molecule has 3 rings (SSSR count). The number of amides is 1. The summed E-state index contributed by atoms with van der Waals surface area (Å²) in [6, 6.07) is 5.07. The Bertz CT molecular complexity index is 606. The van der Waals surface area contributed by atoms with Crippen molar-refractivity contribution in [2.45, 2.75) is 39.5 Å². The average molecular weight is 287 g/mol. The molecule has 1 heterocycles. The first-order chi connectivity index (χ1) is 9.90. The van der Waals surface area contributed by atoms with E-state index in [1.807, 2.05) is 4.90 Å². The molecule has 4 nitrogen and oxygen atoms in total. The minimum Gasteiger partial charge on any atom is -0.478 e. The topological polar surface area (TPSA) is 57.6 Å². The van der Waals surface area contributed by atoms with Crippen LogP contribution in [0.25, 0.3) is 0 Å². The van der Waals surface area contributed by atoms with Crippen LogP contribution in [-0.4, -0.2) is 23.5 Å². The molecule has 1 aromatic rings. The maximum Gasteiger partial charge on any atom is 0.335 e. The number of hydrogen-bond acceptors (Lipinski definition) is 2. The van der Waals surface area contributed by atoms with Crippen molar-refractivity contribution in [3.05, 3.63) is 29.3 Å². The smallest absolute Gasteiger partial charge is 0.335 e. The second kappa shape index (κ2) is 4.86. The number of carboxylic acid groups (broad SMARTS) is 1. The van der Waals surface area contributed by atoms with Gasteiger partial charge in [0.1, 0.15) is 0 Å². The third-order valence-electron chi connectivity index (χ3n) is 5.04. The molecule has 0 bridgehead atoms. The molecule has 1 aliphatic heterocycles. The lowest BCUT2D eigenvalue weighted by atomic mass is 9.81. The maximum atomic E-state index is 12.9. The summed E-state index contributed by atoms with van der Waals surface area (Å²) in [6.07, 6.45) is 3.92. The Balaban J connectivity index is 1.87. The summed E-state index contributed by atoms with van der Waals surface area (Å²) in [5.41, 5.74) is 2.23.